The Kier molecular flexibility index (Phi) is 5.09. The van der Waals surface area contributed by atoms with E-state index in [9.17, 15) is 0 Å². The molecule has 5 heteroatoms. The Bertz CT molecular complexity index is 431. The summed E-state index contributed by atoms with van der Waals surface area (Å²) in [6, 6.07) is 5.62. The van der Waals surface area contributed by atoms with Gasteiger partial charge >= 0.3 is 0 Å². The molecule has 0 amide bonds. The predicted molar refractivity (Wildman–Crippen MR) is 79.8 cm³/mol. The van der Waals surface area contributed by atoms with Gasteiger partial charge in [-0.2, -0.15) is 0 Å². The number of benzene rings is 1. The maximum Gasteiger partial charge on any atom is 0.0678 e. The molecule has 2 N–H and O–H groups in total. The Morgan fingerprint density at radius 3 is 2.53 bits per heavy atom. The maximum atomic E-state index is 6.29. The molecule has 3 nitrogen and oxygen atoms in total. The Morgan fingerprint density at radius 2 is 1.95 bits per heavy atom. The van der Waals surface area contributed by atoms with Gasteiger partial charge in [-0.05, 0) is 37.6 Å². The molecule has 0 saturated carbocycles. The minimum absolute atomic E-state index is 0.0833. The van der Waals surface area contributed by atoms with E-state index in [2.05, 4.69) is 18.7 Å². The minimum atomic E-state index is 0.0833. The quantitative estimate of drug-likeness (QED) is 0.932. The van der Waals surface area contributed by atoms with E-state index in [1.807, 2.05) is 12.1 Å². The fourth-order valence-electron chi connectivity index (χ4n) is 2.71. The first kappa shape index (κ1) is 15.1. The summed E-state index contributed by atoms with van der Waals surface area (Å²) in [5.41, 5.74) is 6.96. The van der Waals surface area contributed by atoms with Crippen molar-refractivity contribution in [1.29, 1.82) is 0 Å². The summed E-state index contributed by atoms with van der Waals surface area (Å²) >= 11 is 12.4. The SMILES string of the molecule is C[C@@H]1CN(C(CN)c2cc(Cl)ccc2Cl)C[C@H](C)O1. The number of ether oxygens (including phenoxy) is 1. The Balaban J connectivity index is 2.26. The summed E-state index contributed by atoms with van der Waals surface area (Å²) in [6.07, 6.45) is 0.409. The Hall–Kier alpha value is -0.320. The zero-order valence-electron chi connectivity index (χ0n) is 11.3. The second kappa shape index (κ2) is 6.42. The summed E-state index contributed by atoms with van der Waals surface area (Å²) in [5.74, 6) is 0. The van der Waals surface area contributed by atoms with Crippen molar-refractivity contribution in [2.24, 2.45) is 5.73 Å². The molecule has 1 aliphatic heterocycles. The lowest BCUT2D eigenvalue weighted by molar-refractivity contribution is -0.0799. The monoisotopic (exact) mass is 302 g/mol. The smallest absolute Gasteiger partial charge is 0.0678 e. The van der Waals surface area contributed by atoms with E-state index in [1.54, 1.807) is 6.07 Å². The Morgan fingerprint density at radius 1 is 1.32 bits per heavy atom. The van der Waals surface area contributed by atoms with Crippen LogP contribution in [0.3, 0.4) is 0 Å². The molecule has 1 aromatic carbocycles. The van der Waals surface area contributed by atoms with Gasteiger partial charge in [0.2, 0.25) is 0 Å². The van der Waals surface area contributed by atoms with E-state index in [0.717, 1.165) is 18.7 Å². The molecule has 0 spiro atoms. The molecule has 0 radical (unpaired) electrons. The highest BCUT2D eigenvalue weighted by atomic mass is 35.5. The van der Waals surface area contributed by atoms with Crippen LogP contribution in [-0.4, -0.2) is 36.7 Å². The highest BCUT2D eigenvalue weighted by Gasteiger charge is 2.29. The topological polar surface area (TPSA) is 38.5 Å². The molecule has 106 valence electrons. The molecule has 1 heterocycles. The van der Waals surface area contributed by atoms with Gasteiger partial charge in [0.05, 0.1) is 12.2 Å². The van der Waals surface area contributed by atoms with Crippen molar-refractivity contribution in [3.63, 3.8) is 0 Å². The fourth-order valence-corrected chi connectivity index (χ4v) is 3.14. The number of nitrogens with two attached hydrogens (primary N) is 1. The zero-order chi connectivity index (χ0) is 14.0. The molecular formula is C14H20Cl2N2O. The summed E-state index contributed by atoms with van der Waals surface area (Å²) in [5, 5.41) is 1.40. The summed E-state index contributed by atoms with van der Waals surface area (Å²) in [6.45, 7) is 6.38. The van der Waals surface area contributed by atoms with Gasteiger partial charge in [-0.25, -0.2) is 0 Å². The molecular weight excluding hydrogens is 283 g/mol. The van der Waals surface area contributed by atoms with Crippen LogP contribution in [-0.2, 0) is 4.74 Å². The third-order valence-electron chi connectivity index (χ3n) is 3.43. The largest absolute Gasteiger partial charge is 0.373 e. The van der Waals surface area contributed by atoms with Gasteiger partial charge in [-0.1, -0.05) is 23.2 Å². The van der Waals surface area contributed by atoms with Gasteiger partial charge in [0, 0.05) is 35.7 Å². The van der Waals surface area contributed by atoms with Crippen molar-refractivity contribution in [3.05, 3.63) is 33.8 Å². The van der Waals surface area contributed by atoms with Crippen molar-refractivity contribution in [1.82, 2.24) is 4.90 Å². The zero-order valence-corrected chi connectivity index (χ0v) is 12.8. The van der Waals surface area contributed by atoms with Crippen molar-refractivity contribution >= 4 is 23.2 Å². The fraction of sp³-hybridized carbons (Fsp3) is 0.571. The number of rotatable bonds is 3. The second-order valence-electron chi connectivity index (χ2n) is 5.13. The average Bonchev–Trinajstić information content (AvgIpc) is 2.33. The summed E-state index contributed by atoms with van der Waals surface area (Å²) in [4.78, 5) is 2.33. The van der Waals surface area contributed by atoms with Crippen molar-refractivity contribution in [2.45, 2.75) is 32.1 Å². The van der Waals surface area contributed by atoms with Crippen LogP contribution in [0.4, 0.5) is 0 Å². The number of halogens is 2. The van der Waals surface area contributed by atoms with Crippen LogP contribution in [0, 0.1) is 0 Å². The highest BCUT2D eigenvalue weighted by molar-refractivity contribution is 6.33. The van der Waals surface area contributed by atoms with E-state index in [4.69, 9.17) is 33.7 Å². The van der Waals surface area contributed by atoms with E-state index in [-0.39, 0.29) is 18.2 Å². The molecule has 1 unspecified atom stereocenters. The van der Waals surface area contributed by atoms with Crippen LogP contribution >= 0.6 is 23.2 Å². The van der Waals surface area contributed by atoms with Gasteiger partial charge in [0.25, 0.3) is 0 Å². The molecule has 19 heavy (non-hydrogen) atoms. The summed E-state index contributed by atoms with van der Waals surface area (Å²) in [7, 11) is 0. The molecule has 0 aromatic heterocycles. The number of nitrogens with zero attached hydrogens (tertiary/aromatic N) is 1. The van der Waals surface area contributed by atoms with Crippen LogP contribution in [0.2, 0.25) is 10.0 Å². The molecule has 0 aliphatic carbocycles. The van der Waals surface area contributed by atoms with E-state index < -0.39 is 0 Å². The van der Waals surface area contributed by atoms with Gasteiger partial charge < -0.3 is 10.5 Å². The van der Waals surface area contributed by atoms with Crippen LogP contribution in [0.5, 0.6) is 0 Å². The van der Waals surface area contributed by atoms with Gasteiger partial charge in [0.1, 0.15) is 0 Å². The molecule has 1 saturated heterocycles. The lowest BCUT2D eigenvalue weighted by Crippen LogP contribution is -2.48. The van der Waals surface area contributed by atoms with E-state index in [0.29, 0.717) is 16.6 Å². The number of morpholine rings is 1. The van der Waals surface area contributed by atoms with Crippen LogP contribution in [0.25, 0.3) is 0 Å². The highest BCUT2D eigenvalue weighted by Crippen LogP contribution is 2.31. The molecule has 1 aromatic rings. The molecule has 0 bridgehead atoms. The standard InChI is InChI=1S/C14H20Cl2N2O/c1-9-7-18(8-10(2)19-9)14(6-17)12-5-11(15)3-4-13(12)16/h3-5,9-10,14H,6-8,17H2,1-2H3/t9-,10+,14?. The van der Waals surface area contributed by atoms with Gasteiger partial charge in [-0.3, -0.25) is 4.90 Å². The Labute approximate surface area is 124 Å². The van der Waals surface area contributed by atoms with Crippen molar-refractivity contribution in [3.8, 4) is 0 Å². The van der Waals surface area contributed by atoms with Crippen LogP contribution < -0.4 is 5.73 Å². The lowest BCUT2D eigenvalue weighted by atomic mass is 10.0. The van der Waals surface area contributed by atoms with Crippen molar-refractivity contribution < 1.29 is 4.74 Å². The van der Waals surface area contributed by atoms with Gasteiger partial charge in [-0.15, -0.1) is 0 Å². The molecule has 2 rings (SSSR count). The predicted octanol–water partition coefficient (Wildman–Crippen LogP) is 3.10. The third kappa shape index (κ3) is 3.61. The number of hydrogen-bond acceptors (Lipinski definition) is 3. The average molecular weight is 303 g/mol. The van der Waals surface area contributed by atoms with E-state index in [1.165, 1.54) is 0 Å². The minimum Gasteiger partial charge on any atom is -0.373 e. The summed E-state index contributed by atoms with van der Waals surface area (Å²) < 4.78 is 5.76. The third-order valence-corrected chi connectivity index (χ3v) is 4.01. The first-order valence-electron chi connectivity index (χ1n) is 6.55. The number of hydrogen-bond donors (Lipinski definition) is 1. The van der Waals surface area contributed by atoms with Crippen molar-refractivity contribution in [2.75, 3.05) is 19.6 Å². The lowest BCUT2D eigenvalue weighted by Gasteiger charge is -2.40. The van der Waals surface area contributed by atoms with E-state index >= 15 is 0 Å². The van der Waals surface area contributed by atoms with Crippen LogP contribution in [0.1, 0.15) is 25.5 Å². The second-order valence-corrected chi connectivity index (χ2v) is 5.97. The first-order valence-corrected chi connectivity index (χ1v) is 7.31. The normalized spacial score (nSPS) is 26.4. The molecule has 1 fully saturated rings. The first-order chi connectivity index (χ1) is 9.01. The molecule has 3 atom stereocenters. The maximum absolute atomic E-state index is 6.29. The molecule has 1 aliphatic rings. The van der Waals surface area contributed by atoms with Crippen LogP contribution in [0.15, 0.2) is 18.2 Å². The van der Waals surface area contributed by atoms with Gasteiger partial charge in [0.15, 0.2) is 0 Å².